The van der Waals surface area contributed by atoms with Crippen molar-refractivity contribution in [3.63, 3.8) is 0 Å². The highest BCUT2D eigenvalue weighted by atomic mass is 32.2. The summed E-state index contributed by atoms with van der Waals surface area (Å²) in [5, 5.41) is 0. The lowest BCUT2D eigenvalue weighted by atomic mass is 9.85. The largest absolute Gasteiger partial charge is 0.322 e. The molecule has 1 amide bonds. The average Bonchev–Trinajstić information content (AvgIpc) is 2.35. The number of thioether (sulfide) groups is 1. The predicted molar refractivity (Wildman–Crippen MR) is 77.3 cm³/mol. The van der Waals surface area contributed by atoms with Crippen molar-refractivity contribution in [1.29, 1.82) is 0 Å². The van der Waals surface area contributed by atoms with Crippen LogP contribution in [0.25, 0.3) is 0 Å². The van der Waals surface area contributed by atoms with Crippen molar-refractivity contribution in [2.24, 2.45) is 5.73 Å². The molecule has 1 aromatic rings. The Morgan fingerprint density at radius 3 is 2.78 bits per heavy atom. The third-order valence-corrected chi connectivity index (χ3v) is 4.15. The molecule has 0 saturated carbocycles. The highest BCUT2D eigenvalue weighted by molar-refractivity contribution is 7.99. The van der Waals surface area contributed by atoms with Gasteiger partial charge >= 0.3 is 0 Å². The van der Waals surface area contributed by atoms with E-state index in [0.29, 0.717) is 0 Å². The second-order valence-electron chi connectivity index (χ2n) is 5.50. The molecule has 18 heavy (non-hydrogen) atoms. The molecule has 0 radical (unpaired) electrons. The van der Waals surface area contributed by atoms with Crippen molar-refractivity contribution >= 4 is 23.4 Å². The first-order chi connectivity index (χ1) is 8.45. The molecule has 0 aliphatic carbocycles. The highest BCUT2D eigenvalue weighted by Crippen LogP contribution is 2.41. The number of nitrogens with two attached hydrogens (primary N) is 1. The number of rotatable bonds is 1. The van der Waals surface area contributed by atoms with Crippen LogP contribution < -0.4 is 10.6 Å². The minimum Gasteiger partial charge on any atom is -0.322 e. The van der Waals surface area contributed by atoms with Gasteiger partial charge in [-0.3, -0.25) is 4.79 Å². The summed E-state index contributed by atoms with van der Waals surface area (Å²) in [4.78, 5) is 15.0. The Bertz CT molecular complexity index is 465. The van der Waals surface area contributed by atoms with Gasteiger partial charge in [-0.2, -0.15) is 0 Å². The molecule has 1 heterocycles. The zero-order valence-electron chi connectivity index (χ0n) is 11.2. The van der Waals surface area contributed by atoms with Gasteiger partial charge in [0.05, 0.1) is 12.2 Å². The third-order valence-electron chi connectivity index (χ3n) is 3.13. The lowest BCUT2D eigenvalue weighted by molar-refractivity contribution is -0.117. The van der Waals surface area contributed by atoms with Crippen molar-refractivity contribution in [3.05, 3.63) is 23.8 Å². The van der Waals surface area contributed by atoms with Gasteiger partial charge in [-0.25, -0.2) is 0 Å². The maximum atomic E-state index is 12.0. The van der Waals surface area contributed by atoms with Crippen LogP contribution in [0.2, 0.25) is 0 Å². The van der Waals surface area contributed by atoms with Gasteiger partial charge < -0.3 is 10.6 Å². The van der Waals surface area contributed by atoms with E-state index in [9.17, 15) is 4.79 Å². The number of fused-ring (bicyclic) bond motifs is 1. The number of benzene rings is 1. The topological polar surface area (TPSA) is 46.3 Å². The lowest BCUT2D eigenvalue weighted by Gasteiger charge is -2.34. The number of hydrogen-bond acceptors (Lipinski definition) is 3. The fraction of sp³-hybridized carbons (Fsp3) is 0.500. The number of hydrogen-bond donors (Lipinski definition) is 1. The van der Waals surface area contributed by atoms with Crippen molar-refractivity contribution < 1.29 is 4.79 Å². The molecular formula is C14H20N2OS. The first-order valence-electron chi connectivity index (χ1n) is 6.22. The van der Waals surface area contributed by atoms with Gasteiger partial charge in [0.2, 0.25) is 5.91 Å². The van der Waals surface area contributed by atoms with Gasteiger partial charge in [-0.15, -0.1) is 11.8 Å². The van der Waals surface area contributed by atoms with E-state index in [1.807, 2.05) is 16.7 Å². The first kappa shape index (κ1) is 13.4. The SMILES string of the molecule is CC(C)(C)c1cccc2c1N(C(=O)CN)CCS2. The van der Waals surface area contributed by atoms with E-state index >= 15 is 0 Å². The van der Waals surface area contributed by atoms with E-state index < -0.39 is 0 Å². The summed E-state index contributed by atoms with van der Waals surface area (Å²) in [6.45, 7) is 7.34. The van der Waals surface area contributed by atoms with Crippen molar-refractivity contribution in [1.82, 2.24) is 0 Å². The maximum absolute atomic E-state index is 12.0. The Morgan fingerprint density at radius 2 is 2.17 bits per heavy atom. The standard InChI is InChI=1S/C14H20N2OS/c1-14(2,3)10-5-4-6-11-13(10)16(7-8-18-11)12(17)9-15/h4-6H,7-9,15H2,1-3H3. The quantitative estimate of drug-likeness (QED) is 0.847. The van der Waals surface area contributed by atoms with Crippen molar-refractivity contribution in [3.8, 4) is 0 Å². The third kappa shape index (κ3) is 2.40. The normalized spacial score (nSPS) is 15.4. The molecule has 0 unspecified atom stereocenters. The number of anilines is 1. The van der Waals surface area contributed by atoms with Crippen LogP contribution in [0.5, 0.6) is 0 Å². The van der Waals surface area contributed by atoms with E-state index in [2.05, 4.69) is 39.0 Å². The number of carbonyl (C=O) groups is 1. The number of para-hydroxylation sites is 1. The number of nitrogens with zero attached hydrogens (tertiary/aromatic N) is 1. The van der Waals surface area contributed by atoms with Gasteiger partial charge in [0.1, 0.15) is 0 Å². The van der Waals surface area contributed by atoms with Gasteiger partial charge in [0, 0.05) is 17.2 Å². The summed E-state index contributed by atoms with van der Waals surface area (Å²) in [6.07, 6.45) is 0. The average molecular weight is 264 g/mol. The molecule has 0 spiro atoms. The number of carbonyl (C=O) groups excluding carboxylic acids is 1. The molecule has 4 heteroatoms. The Labute approximate surface area is 113 Å². The first-order valence-corrected chi connectivity index (χ1v) is 7.20. The fourth-order valence-electron chi connectivity index (χ4n) is 2.24. The Hall–Kier alpha value is -1.000. The van der Waals surface area contributed by atoms with Gasteiger partial charge in [0.15, 0.2) is 0 Å². The zero-order valence-corrected chi connectivity index (χ0v) is 12.0. The van der Waals surface area contributed by atoms with Crippen LogP contribution in [-0.2, 0) is 10.2 Å². The molecule has 0 aromatic heterocycles. The smallest absolute Gasteiger partial charge is 0.240 e. The molecule has 98 valence electrons. The summed E-state index contributed by atoms with van der Waals surface area (Å²) in [5.74, 6) is 0.944. The zero-order chi connectivity index (χ0) is 13.3. The molecule has 2 rings (SSSR count). The summed E-state index contributed by atoms with van der Waals surface area (Å²) in [5.41, 5.74) is 7.83. The molecule has 1 aromatic carbocycles. The molecule has 0 atom stereocenters. The van der Waals surface area contributed by atoms with E-state index in [0.717, 1.165) is 18.0 Å². The van der Waals surface area contributed by atoms with E-state index in [4.69, 9.17) is 5.73 Å². The molecule has 1 aliphatic rings. The molecule has 0 bridgehead atoms. The predicted octanol–water partition coefficient (Wildman–Crippen LogP) is 2.38. The number of amides is 1. The Kier molecular flexibility index (Phi) is 3.69. The summed E-state index contributed by atoms with van der Waals surface area (Å²) >= 11 is 1.82. The molecule has 2 N–H and O–H groups in total. The molecule has 0 saturated heterocycles. The molecule has 1 aliphatic heterocycles. The molecule has 3 nitrogen and oxygen atoms in total. The maximum Gasteiger partial charge on any atom is 0.240 e. The monoisotopic (exact) mass is 264 g/mol. The van der Waals surface area contributed by atoms with Gasteiger partial charge in [-0.05, 0) is 17.0 Å². The second-order valence-corrected chi connectivity index (χ2v) is 6.64. The van der Waals surface area contributed by atoms with Crippen LogP contribution >= 0.6 is 11.8 Å². The van der Waals surface area contributed by atoms with E-state index in [1.54, 1.807) is 0 Å². The van der Waals surface area contributed by atoms with Gasteiger partial charge in [0.25, 0.3) is 0 Å². The molecular weight excluding hydrogens is 244 g/mol. The van der Waals surface area contributed by atoms with Crippen LogP contribution in [0, 0.1) is 0 Å². The van der Waals surface area contributed by atoms with Crippen molar-refractivity contribution in [2.75, 3.05) is 23.7 Å². The Balaban J connectivity index is 2.56. The summed E-state index contributed by atoms with van der Waals surface area (Å²) in [7, 11) is 0. The van der Waals surface area contributed by atoms with Crippen LogP contribution in [0.4, 0.5) is 5.69 Å². The van der Waals surface area contributed by atoms with Crippen LogP contribution in [0.15, 0.2) is 23.1 Å². The van der Waals surface area contributed by atoms with Crippen LogP contribution in [0.1, 0.15) is 26.3 Å². The lowest BCUT2D eigenvalue weighted by Crippen LogP contribution is -2.41. The van der Waals surface area contributed by atoms with Gasteiger partial charge in [-0.1, -0.05) is 32.9 Å². The highest BCUT2D eigenvalue weighted by Gasteiger charge is 2.29. The fourth-order valence-corrected chi connectivity index (χ4v) is 3.27. The second kappa shape index (κ2) is 4.94. The minimum absolute atomic E-state index is 0.00764. The Morgan fingerprint density at radius 1 is 1.44 bits per heavy atom. The summed E-state index contributed by atoms with van der Waals surface area (Å²) in [6, 6.07) is 6.27. The van der Waals surface area contributed by atoms with E-state index in [-0.39, 0.29) is 17.9 Å². The van der Waals surface area contributed by atoms with Crippen LogP contribution in [0.3, 0.4) is 0 Å². The summed E-state index contributed by atoms with van der Waals surface area (Å²) < 4.78 is 0. The minimum atomic E-state index is 0.00764. The van der Waals surface area contributed by atoms with Crippen molar-refractivity contribution in [2.45, 2.75) is 31.1 Å². The molecule has 0 fully saturated rings. The van der Waals surface area contributed by atoms with E-state index in [1.165, 1.54) is 10.5 Å². The van der Waals surface area contributed by atoms with Crippen LogP contribution in [-0.4, -0.2) is 24.7 Å².